The Morgan fingerprint density at radius 3 is 2.52 bits per heavy atom. The van der Waals surface area contributed by atoms with Gasteiger partial charge >= 0.3 is 0 Å². The molecule has 0 spiro atoms. The molecule has 8 heteroatoms. The molecule has 0 unspecified atom stereocenters. The van der Waals surface area contributed by atoms with Gasteiger partial charge < -0.3 is 9.47 Å². The molecule has 0 atom stereocenters. The predicted molar refractivity (Wildman–Crippen MR) is 108 cm³/mol. The van der Waals surface area contributed by atoms with Gasteiger partial charge in [-0.15, -0.1) is 0 Å². The Hall–Kier alpha value is -2.81. The van der Waals surface area contributed by atoms with Gasteiger partial charge in [-0.05, 0) is 23.8 Å². The van der Waals surface area contributed by atoms with Crippen molar-refractivity contribution in [3.63, 3.8) is 0 Å². The number of rotatable bonds is 6. The van der Waals surface area contributed by atoms with E-state index in [1.807, 2.05) is 41.3 Å². The first-order valence-corrected chi connectivity index (χ1v) is 9.19. The van der Waals surface area contributed by atoms with E-state index in [0.29, 0.717) is 18.0 Å². The Labute approximate surface area is 160 Å². The van der Waals surface area contributed by atoms with E-state index in [1.54, 1.807) is 14.2 Å². The summed E-state index contributed by atoms with van der Waals surface area (Å²) in [7, 11) is 3.24. The number of benzene rings is 2. The Balaban J connectivity index is 1.87. The van der Waals surface area contributed by atoms with Crippen molar-refractivity contribution in [2.24, 2.45) is 5.14 Å². The van der Waals surface area contributed by atoms with Crippen molar-refractivity contribution < 1.29 is 9.47 Å². The molecule has 0 fully saturated rings. The number of methoxy groups -OCH3 is 2. The summed E-state index contributed by atoms with van der Waals surface area (Å²) in [5, 5.41) is 11.9. The van der Waals surface area contributed by atoms with Crippen molar-refractivity contribution in [2.75, 3.05) is 14.2 Å². The van der Waals surface area contributed by atoms with Crippen LogP contribution >= 0.6 is 12.1 Å². The molecule has 0 aliphatic carbocycles. The number of nitrogens with one attached hydrogen (secondary N) is 1. The van der Waals surface area contributed by atoms with E-state index in [-0.39, 0.29) is 0 Å². The maximum Gasteiger partial charge on any atom is 0.162 e. The van der Waals surface area contributed by atoms with E-state index in [1.165, 1.54) is 0 Å². The topological polar surface area (TPSA) is 87.2 Å². The van der Waals surface area contributed by atoms with Gasteiger partial charge in [0.25, 0.3) is 0 Å². The number of aromatic nitrogens is 3. The smallest absolute Gasteiger partial charge is 0.162 e. The Kier molecular flexibility index (Phi) is 4.85. The van der Waals surface area contributed by atoms with Crippen LogP contribution in [0.2, 0.25) is 0 Å². The second kappa shape index (κ2) is 7.43. The third kappa shape index (κ3) is 3.18. The molecule has 0 saturated heterocycles. The highest BCUT2D eigenvalue weighted by Crippen LogP contribution is 2.35. The first kappa shape index (κ1) is 17.6. The minimum Gasteiger partial charge on any atom is -0.493 e. The lowest BCUT2D eigenvalue weighted by Gasteiger charge is -2.11. The molecule has 2 aromatic carbocycles. The van der Waals surface area contributed by atoms with E-state index in [9.17, 15) is 0 Å². The minimum absolute atomic E-state index is 0.651. The molecule has 0 radical (unpaired) electrons. The lowest BCUT2D eigenvalue weighted by molar-refractivity contribution is 0.356. The van der Waals surface area contributed by atoms with Gasteiger partial charge in [-0.25, -0.2) is 9.40 Å². The number of hydrogen-bond acceptors (Lipinski definition) is 7. The van der Waals surface area contributed by atoms with Gasteiger partial charge in [-0.3, -0.25) is 10.1 Å². The number of nitrogens with zero attached hydrogens (tertiary/aromatic N) is 3. The van der Waals surface area contributed by atoms with Gasteiger partial charge in [0, 0.05) is 41.7 Å². The molecular formula is C19H19N5O2S. The maximum absolute atomic E-state index is 5.47. The van der Waals surface area contributed by atoms with Crippen molar-refractivity contribution in [2.45, 2.75) is 6.54 Å². The molecule has 7 nitrogen and oxygen atoms in total. The molecular weight excluding hydrogens is 362 g/mol. The summed E-state index contributed by atoms with van der Waals surface area (Å²) in [5.41, 5.74) is 3.91. The van der Waals surface area contributed by atoms with E-state index in [4.69, 9.17) is 14.6 Å². The summed E-state index contributed by atoms with van der Waals surface area (Å²) < 4.78 is 15.8. The van der Waals surface area contributed by atoms with Crippen LogP contribution in [-0.2, 0) is 6.54 Å². The molecule has 138 valence electrons. The molecule has 27 heavy (non-hydrogen) atoms. The van der Waals surface area contributed by atoms with Crippen molar-refractivity contribution in [1.82, 2.24) is 19.5 Å². The highest BCUT2D eigenvalue weighted by molar-refractivity contribution is 7.95. The molecule has 2 aromatic heterocycles. The molecule has 0 aliphatic rings. The maximum atomic E-state index is 5.47. The van der Waals surface area contributed by atoms with E-state index in [2.05, 4.69) is 26.9 Å². The second-order valence-electron chi connectivity index (χ2n) is 5.95. The number of pyridine rings is 1. The van der Waals surface area contributed by atoms with Crippen molar-refractivity contribution >= 4 is 33.9 Å². The van der Waals surface area contributed by atoms with Crippen molar-refractivity contribution in [3.05, 3.63) is 54.4 Å². The first-order valence-electron chi connectivity index (χ1n) is 8.31. The monoisotopic (exact) mass is 381 g/mol. The summed E-state index contributed by atoms with van der Waals surface area (Å²) in [6.07, 6.45) is 3.64. The highest BCUT2D eigenvalue weighted by atomic mass is 32.2. The largest absolute Gasteiger partial charge is 0.493 e. The molecule has 4 aromatic rings. The quantitative estimate of drug-likeness (QED) is 0.496. The van der Waals surface area contributed by atoms with Crippen LogP contribution in [0.3, 0.4) is 0 Å². The zero-order valence-corrected chi connectivity index (χ0v) is 15.8. The molecule has 4 rings (SSSR count). The van der Waals surface area contributed by atoms with E-state index >= 15 is 0 Å². The predicted octanol–water partition coefficient (Wildman–Crippen LogP) is 3.20. The van der Waals surface area contributed by atoms with Gasteiger partial charge in [0.1, 0.15) is 0 Å². The summed E-state index contributed by atoms with van der Waals surface area (Å²) in [5.74, 6) is 1.31. The summed E-state index contributed by atoms with van der Waals surface area (Å²) >= 11 is 1.11. The number of nitrogens with two attached hydrogens (primary N) is 1. The molecule has 0 saturated carbocycles. The van der Waals surface area contributed by atoms with Crippen LogP contribution in [0.4, 0.5) is 0 Å². The third-order valence-electron chi connectivity index (χ3n) is 4.44. The zero-order chi connectivity index (χ0) is 18.8. The van der Waals surface area contributed by atoms with Crippen LogP contribution in [0, 0.1) is 0 Å². The zero-order valence-electron chi connectivity index (χ0n) is 15.0. The Bertz CT molecular complexity index is 1090. The standard InChI is InChI=1S/C19H19N5O2S/c1-25-17-7-15-16(8-18(17)26-2)21-10-13-11-22-24(19(13)15)14-5-3-12(4-6-14)9-23-27-20/h3-8,10-11,23H,9,20H2,1-2H3. The fourth-order valence-corrected chi connectivity index (χ4v) is 3.35. The van der Waals surface area contributed by atoms with Crippen molar-refractivity contribution in [3.8, 4) is 17.2 Å². The van der Waals surface area contributed by atoms with E-state index < -0.39 is 0 Å². The van der Waals surface area contributed by atoms with Gasteiger partial charge in [0.05, 0.1) is 37.1 Å². The van der Waals surface area contributed by atoms with Crippen molar-refractivity contribution in [1.29, 1.82) is 0 Å². The number of ether oxygens (including phenoxy) is 2. The number of fused-ring (bicyclic) bond motifs is 3. The van der Waals surface area contributed by atoms with Crippen LogP contribution in [0.5, 0.6) is 11.5 Å². The Morgan fingerprint density at radius 1 is 1.07 bits per heavy atom. The van der Waals surface area contributed by atoms with Crippen LogP contribution < -0.4 is 19.3 Å². The fraction of sp³-hybridized carbons (Fsp3) is 0.158. The normalized spacial score (nSPS) is 11.2. The number of hydrogen-bond donors (Lipinski definition) is 2. The molecule has 0 amide bonds. The SMILES string of the molecule is COc1cc2ncc3cnn(-c4ccc(CNSN)cc4)c3c2cc1OC. The molecule has 0 aliphatic heterocycles. The van der Waals surface area contributed by atoms with Gasteiger partial charge in [-0.2, -0.15) is 5.10 Å². The minimum atomic E-state index is 0.651. The van der Waals surface area contributed by atoms with E-state index in [0.717, 1.165) is 45.2 Å². The highest BCUT2D eigenvalue weighted by Gasteiger charge is 2.14. The average Bonchev–Trinajstić information content (AvgIpc) is 3.16. The van der Waals surface area contributed by atoms with Crippen LogP contribution in [0.25, 0.3) is 27.5 Å². The summed E-state index contributed by atoms with van der Waals surface area (Å²) in [6.45, 7) is 0.700. The van der Waals surface area contributed by atoms with Gasteiger partial charge in [0.15, 0.2) is 11.5 Å². The lowest BCUT2D eigenvalue weighted by Crippen LogP contribution is -2.06. The average molecular weight is 381 g/mol. The lowest BCUT2D eigenvalue weighted by atomic mass is 10.1. The summed E-state index contributed by atoms with van der Waals surface area (Å²) in [6, 6.07) is 12.0. The van der Waals surface area contributed by atoms with Gasteiger partial charge in [-0.1, -0.05) is 12.1 Å². The molecule has 3 N–H and O–H groups in total. The first-order chi connectivity index (χ1) is 13.2. The van der Waals surface area contributed by atoms with Crippen LogP contribution in [-0.4, -0.2) is 29.0 Å². The molecule has 0 bridgehead atoms. The van der Waals surface area contributed by atoms with Gasteiger partial charge in [0.2, 0.25) is 0 Å². The second-order valence-corrected chi connectivity index (χ2v) is 6.47. The van der Waals surface area contributed by atoms with Crippen LogP contribution in [0.1, 0.15) is 5.56 Å². The Morgan fingerprint density at radius 2 is 1.81 bits per heavy atom. The summed E-state index contributed by atoms with van der Waals surface area (Å²) in [4.78, 5) is 4.54. The third-order valence-corrected chi connectivity index (χ3v) is 4.75. The fourth-order valence-electron chi connectivity index (χ4n) is 3.10. The molecule has 2 heterocycles. The van der Waals surface area contributed by atoms with Crippen LogP contribution in [0.15, 0.2) is 48.8 Å².